The van der Waals surface area contributed by atoms with Crippen molar-refractivity contribution in [1.29, 1.82) is 0 Å². The van der Waals surface area contributed by atoms with E-state index in [-0.39, 0.29) is 0 Å². The maximum atomic E-state index is 4.65. The van der Waals surface area contributed by atoms with Gasteiger partial charge in [-0.2, -0.15) is 5.10 Å². The number of fused-ring (bicyclic) bond motifs is 1. The zero-order valence-electron chi connectivity index (χ0n) is 9.86. The Balaban J connectivity index is 2.75. The van der Waals surface area contributed by atoms with E-state index in [0.29, 0.717) is 11.8 Å². The van der Waals surface area contributed by atoms with E-state index in [0.717, 1.165) is 0 Å². The van der Waals surface area contributed by atoms with E-state index in [1.807, 2.05) is 16.8 Å². The molecule has 0 atom stereocenters. The Morgan fingerprint density at radius 2 is 1.80 bits per heavy atom. The first-order valence-electron chi connectivity index (χ1n) is 5.58. The van der Waals surface area contributed by atoms with Crippen LogP contribution < -0.4 is 0 Å². The van der Waals surface area contributed by atoms with Gasteiger partial charge in [0.15, 0.2) is 0 Å². The minimum Gasteiger partial charge on any atom is -0.240 e. The van der Waals surface area contributed by atoms with Crippen molar-refractivity contribution in [2.45, 2.75) is 39.5 Å². The van der Waals surface area contributed by atoms with Gasteiger partial charge in [0, 0.05) is 11.8 Å². The van der Waals surface area contributed by atoms with Crippen molar-refractivity contribution >= 4 is 5.52 Å². The molecule has 15 heavy (non-hydrogen) atoms. The number of nitrogens with zero attached hydrogens (tertiary/aromatic N) is 2. The molecule has 80 valence electrons. The summed E-state index contributed by atoms with van der Waals surface area (Å²) < 4.78 is 1.99. The Hall–Kier alpha value is -1.31. The SMILES string of the molecule is CC(C)c1nn2ccccc2c1C(C)C. The zero-order chi connectivity index (χ0) is 11.0. The van der Waals surface area contributed by atoms with Gasteiger partial charge in [-0.25, -0.2) is 4.52 Å². The van der Waals surface area contributed by atoms with E-state index >= 15 is 0 Å². The molecular formula is C13H18N2. The summed E-state index contributed by atoms with van der Waals surface area (Å²) in [5.41, 5.74) is 3.87. The summed E-state index contributed by atoms with van der Waals surface area (Å²) in [6.07, 6.45) is 2.02. The molecule has 2 heteroatoms. The lowest BCUT2D eigenvalue weighted by Crippen LogP contribution is -1.96. The molecule has 0 bridgehead atoms. The van der Waals surface area contributed by atoms with Crippen LogP contribution in [0, 0.1) is 0 Å². The molecule has 0 saturated heterocycles. The number of rotatable bonds is 2. The van der Waals surface area contributed by atoms with Crippen molar-refractivity contribution in [2.24, 2.45) is 0 Å². The van der Waals surface area contributed by atoms with Gasteiger partial charge in [-0.15, -0.1) is 0 Å². The standard InChI is InChI=1S/C13H18N2/c1-9(2)12-11-7-5-6-8-15(11)14-13(12)10(3)4/h5-10H,1-4H3. The number of pyridine rings is 1. The van der Waals surface area contributed by atoms with Crippen LogP contribution in [-0.4, -0.2) is 9.61 Å². The van der Waals surface area contributed by atoms with Gasteiger partial charge in [-0.05, 0) is 24.0 Å². The molecule has 0 amide bonds. The third-order valence-corrected chi connectivity index (χ3v) is 2.73. The van der Waals surface area contributed by atoms with Crippen LogP contribution in [0.2, 0.25) is 0 Å². The highest BCUT2D eigenvalue weighted by Crippen LogP contribution is 2.28. The monoisotopic (exact) mass is 202 g/mol. The molecule has 0 N–H and O–H groups in total. The third-order valence-electron chi connectivity index (χ3n) is 2.73. The first-order valence-corrected chi connectivity index (χ1v) is 5.58. The van der Waals surface area contributed by atoms with Crippen LogP contribution in [0.4, 0.5) is 0 Å². The molecule has 0 unspecified atom stereocenters. The molecule has 0 aliphatic carbocycles. The van der Waals surface area contributed by atoms with Crippen LogP contribution in [0.15, 0.2) is 24.4 Å². The van der Waals surface area contributed by atoms with Crippen molar-refractivity contribution in [3.8, 4) is 0 Å². The number of aromatic nitrogens is 2. The van der Waals surface area contributed by atoms with E-state index in [1.165, 1.54) is 16.8 Å². The number of hydrogen-bond acceptors (Lipinski definition) is 1. The van der Waals surface area contributed by atoms with Gasteiger partial charge < -0.3 is 0 Å². The fourth-order valence-electron chi connectivity index (χ4n) is 2.05. The summed E-state index contributed by atoms with van der Waals surface area (Å²) in [5, 5.41) is 4.65. The summed E-state index contributed by atoms with van der Waals surface area (Å²) in [6, 6.07) is 6.25. The molecule has 0 aromatic carbocycles. The average molecular weight is 202 g/mol. The maximum absolute atomic E-state index is 4.65. The minimum absolute atomic E-state index is 0.488. The molecule has 0 fully saturated rings. The second-order valence-electron chi connectivity index (χ2n) is 4.64. The molecule has 0 aliphatic heterocycles. The summed E-state index contributed by atoms with van der Waals surface area (Å²) in [7, 11) is 0. The summed E-state index contributed by atoms with van der Waals surface area (Å²) in [5.74, 6) is 1.02. The van der Waals surface area contributed by atoms with Gasteiger partial charge in [-0.1, -0.05) is 33.8 Å². The van der Waals surface area contributed by atoms with Crippen LogP contribution in [0.25, 0.3) is 5.52 Å². The fourth-order valence-corrected chi connectivity index (χ4v) is 2.05. The van der Waals surface area contributed by atoms with Gasteiger partial charge in [0.2, 0.25) is 0 Å². The van der Waals surface area contributed by atoms with Crippen LogP contribution in [0.5, 0.6) is 0 Å². The molecule has 2 aromatic rings. The molecule has 2 heterocycles. The maximum Gasteiger partial charge on any atom is 0.0699 e. The van der Waals surface area contributed by atoms with Crippen LogP contribution in [0.1, 0.15) is 50.8 Å². The Labute approximate surface area is 90.9 Å². The lowest BCUT2D eigenvalue weighted by Gasteiger charge is -2.08. The summed E-state index contributed by atoms with van der Waals surface area (Å²) >= 11 is 0. The second kappa shape index (κ2) is 3.69. The predicted octanol–water partition coefficient (Wildman–Crippen LogP) is 3.58. The lowest BCUT2D eigenvalue weighted by molar-refractivity contribution is 0.757. The molecular weight excluding hydrogens is 184 g/mol. The van der Waals surface area contributed by atoms with Gasteiger partial charge in [0.05, 0.1) is 11.2 Å². The van der Waals surface area contributed by atoms with Gasteiger partial charge in [0.25, 0.3) is 0 Å². The molecule has 2 rings (SSSR count). The Bertz CT molecular complexity index is 466. The molecule has 2 nitrogen and oxygen atoms in total. The Morgan fingerprint density at radius 3 is 2.40 bits per heavy atom. The van der Waals surface area contributed by atoms with Gasteiger partial charge in [-0.3, -0.25) is 0 Å². The Kier molecular flexibility index (Phi) is 2.51. The molecule has 0 saturated carbocycles. The third kappa shape index (κ3) is 1.65. The largest absolute Gasteiger partial charge is 0.240 e. The van der Waals surface area contributed by atoms with E-state index < -0.39 is 0 Å². The molecule has 0 aliphatic rings. The molecule has 2 aromatic heterocycles. The predicted molar refractivity (Wildman–Crippen MR) is 63.4 cm³/mol. The van der Waals surface area contributed by atoms with Crippen LogP contribution in [-0.2, 0) is 0 Å². The lowest BCUT2D eigenvalue weighted by atomic mass is 9.96. The van der Waals surface area contributed by atoms with Crippen molar-refractivity contribution in [2.75, 3.05) is 0 Å². The highest BCUT2D eigenvalue weighted by Gasteiger charge is 2.17. The Morgan fingerprint density at radius 1 is 1.07 bits per heavy atom. The van der Waals surface area contributed by atoms with Crippen molar-refractivity contribution < 1.29 is 0 Å². The van der Waals surface area contributed by atoms with E-state index in [2.05, 4.69) is 44.9 Å². The van der Waals surface area contributed by atoms with Crippen molar-refractivity contribution in [1.82, 2.24) is 9.61 Å². The normalized spacial score (nSPS) is 11.9. The van der Waals surface area contributed by atoms with Gasteiger partial charge in [0.1, 0.15) is 0 Å². The molecule has 0 radical (unpaired) electrons. The van der Waals surface area contributed by atoms with Crippen LogP contribution in [0.3, 0.4) is 0 Å². The highest BCUT2D eigenvalue weighted by atomic mass is 15.2. The minimum atomic E-state index is 0.488. The average Bonchev–Trinajstić information content (AvgIpc) is 2.56. The van der Waals surface area contributed by atoms with Crippen molar-refractivity contribution in [3.05, 3.63) is 35.7 Å². The number of hydrogen-bond donors (Lipinski definition) is 0. The summed E-state index contributed by atoms with van der Waals surface area (Å²) in [4.78, 5) is 0. The van der Waals surface area contributed by atoms with Crippen LogP contribution >= 0.6 is 0 Å². The van der Waals surface area contributed by atoms with E-state index in [1.54, 1.807) is 0 Å². The zero-order valence-corrected chi connectivity index (χ0v) is 9.86. The molecule has 0 spiro atoms. The van der Waals surface area contributed by atoms with Crippen molar-refractivity contribution in [3.63, 3.8) is 0 Å². The van der Waals surface area contributed by atoms with Gasteiger partial charge >= 0.3 is 0 Å². The first-order chi connectivity index (χ1) is 7.11. The quantitative estimate of drug-likeness (QED) is 0.727. The fraction of sp³-hybridized carbons (Fsp3) is 0.462. The first kappa shape index (κ1) is 10.2. The van der Waals surface area contributed by atoms with E-state index in [9.17, 15) is 0 Å². The summed E-state index contributed by atoms with van der Waals surface area (Å²) in [6.45, 7) is 8.87. The smallest absolute Gasteiger partial charge is 0.0699 e. The van der Waals surface area contributed by atoms with E-state index in [4.69, 9.17) is 0 Å². The second-order valence-corrected chi connectivity index (χ2v) is 4.64. The highest BCUT2D eigenvalue weighted by molar-refractivity contribution is 5.58. The topological polar surface area (TPSA) is 17.3 Å².